The minimum Gasteiger partial charge on any atom is -0.398 e. The van der Waals surface area contributed by atoms with Crippen molar-refractivity contribution in [3.8, 4) is 0 Å². The van der Waals surface area contributed by atoms with Crippen molar-refractivity contribution in [2.24, 2.45) is 0 Å². The van der Waals surface area contributed by atoms with Crippen molar-refractivity contribution in [2.45, 2.75) is 4.90 Å². The molecule has 0 heterocycles. The fourth-order valence-corrected chi connectivity index (χ4v) is 2.90. The number of nitrogen functional groups attached to an aromatic ring is 1. The second-order valence-electron chi connectivity index (χ2n) is 5.02. The Balaban J connectivity index is 2.43. The van der Waals surface area contributed by atoms with Gasteiger partial charge in [-0.05, 0) is 18.2 Å². The number of nitrogens with one attached hydrogen (secondary N) is 1. The standard InChI is InChI=1S/C13H9ClN4O8S/c14-12-9(17(20)21)3-6(4-10(12)18(22)23)13(19)16-7-1-2-11(8(15)5-7)27(24,25)26/h1-5H,15H2,(H,16,19)(H,24,25,26). The highest BCUT2D eigenvalue weighted by atomic mass is 35.5. The predicted octanol–water partition coefficient (Wildman–Crippen LogP) is 2.24. The minimum atomic E-state index is -4.57. The molecule has 0 fully saturated rings. The summed E-state index contributed by atoms with van der Waals surface area (Å²) >= 11 is 5.60. The second-order valence-corrected chi connectivity index (χ2v) is 6.79. The molecule has 0 radical (unpaired) electrons. The van der Waals surface area contributed by atoms with Gasteiger partial charge in [0.25, 0.3) is 27.4 Å². The third-order valence-electron chi connectivity index (χ3n) is 3.24. The smallest absolute Gasteiger partial charge is 0.296 e. The van der Waals surface area contributed by atoms with Crippen molar-refractivity contribution in [3.63, 3.8) is 0 Å². The summed E-state index contributed by atoms with van der Waals surface area (Å²) in [4.78, 5) is 31.7. The fourth-order valence-electron chi connectivity index (χ4n) is 2.06. The maximum Gasteiger partial charge on any atom is 0.296 e. The van der Waals surface area contributed by atoms with E-state index in [1.54, 1.807) is 0 Å². The number of halogens is 1. The lowest BCUT2D eigenvalue weighted by Gasteiger charge is -2.08. The van der Waals surface area contributed by atoms with Gasteiger partial charge in [-0.2, -0.15) is 8.42 Å². The molecule has 142 valence electrons. The predicted molar refractivity (Wildman–Crippen MR) is 93.4 cm³/mol. The van der Waals surface area contributed by atoms with Gasteiger partial charge in [0.05, 0.1) is 21.1 Å². The third-order valence-corrected chi connectivity index (χ3v) is 4.55. The Morgan fingerprint density at radius 2 is 1.63 bits per heavy atom. The summed E-state index contributed by atoms with van der Waals surface area (Å²) < 4.78 is 31.2. The van der Waals surface area contributed by atoms with Crippen molar-refractivity contribution in [3.05, 3.63) is 61.1 Å². The highest BCUT2D eigenvalue weighted by Gasteiger charge is 2.27. The average molecular weight is 417 g/mol. The molecule has 0 atom stereocenters. The Labute approximate surface area is 155 Å². The number of amides is 1. The lowest BCUT2D eigenvalue weighted by Crippen LogP contribution is -2.13. The number of hydrogen-bond acceptors (Lipinski definition) is 8. The lowest BCUT2D eigenvalue weighted by molar-refractivity contribution is -0.393. The first-order chi connectivity index (χ1) is 12.4. The van der Waals surface area contributed by atoms with Crippen LogP contribution in [0.1, 0.15) is 10.4 Å². The van der Waals surface area contributed by atoms with Crippen molar-refractivity contribution >= 4 is 50.4 Å². The summed E-state index contributed by atoms with van der Waals surface area (Å²) in [7, 11) is -4.57. The summed E-state index contributed by atoms with van der Waals surface area (Å²) in [6.45, 7) is 0. The summed E-state index contributed by atoms with van der Waals surface area (Å²) in [6.07, 6.45) is 0. The average Bonchev–Trinajstić information content (AvgIpc) is 2.53. The van der Waals surface area contributed by atoms with Crippen LogP contribution in [0.5, 0.6) is 0 Å². The second kappa shape index (κ2) is 7.14. The molecule has 2 aromatic rings. The highest BCUT2D eigenvalue weighted by molar-refractivity contribution is 7.86. The number of nitrogens with two attached hydrogens (primary N) is 1. The van der Waals surface area contributed by atoms with Gasteiger partial charge in [-0.3, -0.25) is 29.6 Å². The minimum absolute atomic E-state index is 0.0230. The third kappa shape index (κ3) is 4.28. The Morgan fingerprint density at radius 3 is 2.04 bits per heavy atom. The van der Waals surface area contributed by atoms with E-state index < -0.39 is 52.7 Å². The van der Waals surface area contributed by atoms with E-state index in [0.717, 1.165) is 30.3 Å². The quantitative estimate of drug-likeness (QED) is 0.283. The van der Waals surface area contributed by atoms with Gasteiger partial charge in [0.1, 0.15) is 4.90 Å². The number of rotatable bonds is 5. The van der Waals surface area contributed by atoms with Gasteiger partial charge in [-0.25, -0.2) is 0 Å². The zero-order valence-electron chi connectivity index (χ0n) is 12.9. The molecule has 0 bridgehead atoms. The number of nitrogens with zero attached hydrogens (tertiary/aromatic N) is 2. The van der Waals surface area contributed by atoms with Crippen molar-refractivity contribution in [1.82, 2.24) is 0 Å². The Hall–Kier alpha value is -3.29. The zero-order valence-corrected chi connectivity index (χ0v) is 14.5. The van der Waals surface area contributed by atoms with Gasteiger partial charge in [-0.15, -0.1) is 0 Å². The number of nitro groups is 2. The van der Waals surface area contributed by atoms with E-state index in [2.05, 4.69) is 5.32 Å². The van der Waals surface area contributed by atoms with Gasteiger partial charge in [0, 0.05) is 17.8 Å². The molecule has 0 aliphatic heterocycles. The van der Waals surface area contributed by atoms with Crippen LogP contribution in [0.4, 0.5) is 22.7 Å². The van der Waals surface area contributed by atoms with Gasteiger partial charge >= 0.3 is 0 Å². The molecule has 0 unspecified atom stereocenters. The molecule has 0 aliphatic rings. The first-order valence-electron chi connectivity index (χ1n) is 6.72. The summed E-state index contributed by atoms with van der Waals surface area (Å²) in [5.74, 6) is -0.975. The number of carbonyl (C=O) groups is 1. The largest absolute Gasteiger partial charge is 0.398 e. The summed E-state index contributed by atoms with van der Waals surface area (Å²) in [6, 6.07) is 4.53. The normalized spacial score (nSPS) is 11.0. The van der Waals surface area contributed by atoms with Crippen LogP contribution in [0.15, 0.2) is 35.2 Å². The van der Waals surface area contributed by atoms with Crippen LogP contribution in [0, 0.1) is 20.2 Å². The molecule has 14 heteroatoms. The molecular formula is C13H9ClN4O8S. The number of hydrogen-bond donors (Lipinski definition) is 3. The molecule has 0 saturated carbocycles. The van der Waals surface area contributed by atoms with E-state index in [1.807, 2.05) is 0 Å². The molecule has 2 aromatic carbocycles. The van der Waals surface area contributed by atoms with Crippen LogP contribution in [-0.4, -0.2) is 28.7 Å². The fraction of sp³-hybridized carbons (Fsp3) is 0. The monoisotopic (exact) mass is 416 g/mol. The summed E-state index contributed by atoms with van der Waals surface area (Å²) in [5.41, 5.74) is 2.98. The van der Waals surface area contributed by atoms with Crippen LogP contribution in [0.3, 0.4) is 0 Å². The number of anilines is 2. The van der Waals surface area contributed by atoms with E-state index in [0.29, 0.717) is 0 Å². The molecule has 12 nitrogen and oxygen atoms in total. The molecule has 4 N–H and O–H groups in total. The van der Waals surface area contributed by atoms with Gasteiger partial charge in [-0.1, -0.05) is 11.6 Å². The SMILES string of the molecule is Nc1cc(NC(=O)c2cc([N+](=O)[O-])c(Cl)c([N+](=O)[O-])c2)ccc1S(=O)(=O)O. The Morgan fingerprint density at radius 1 is 1.11 bits per heavy atom. The van der Waals surface area contributed by atoms with E-state index in [9.17, 15) is 33.4 Å². The number of nitro benzene ring substituents is 2. The molecule has 2 rings (SSSR count). The molecule has 1 amide bonds. The van der Waals surface area contributed by atoms with Crippen molar-refractivity contribution < 1.29 is 27.6 Å². The van der Waals surface area contributed by atoms with E-state index >= 15 is 0 Å². The zero-order chi connectivity index (χ0) is 20.5. The van der Waals surface area contributed by atoms with Crippen LogP contribution in [0.25, 0.3) is 0 Å². The molecule has 0 saturated heterocycles. The molecule has 27 heavy (non-hydrogen) atoms. The highest BCUT2D eigenvalue weighted by Crippen LogP contribution is 2.35. The van der Waals surface area contributed by atoms with Crippen LogP contribution >= 0.6 is 11.6 Å². The van der Waals surface area contributed by atoms with E-state index in [4.69, 9.17) is 21.9 Å². The Kier molecular flexibility index (Phi) is 5.30. The molecule has 0 aromatic heterocycles. The van der Waals surface area contributed by atoms with Gasteiger partial charge in [0.2, 0.25) is 0 Å². The molecule has 0 spiro atoms. The molecular weight excluding hydrogens is 408 g/mol. The van der Waals surface area contributed by atoms with Crippen molar-refractivity contribution in [2.75, 3.05) is 11.1 Å². The van der Waals surface area contributed by atoms with Crippen LogP contribution < -0.4 is 11.1 Å². The first-order valence-corrected chi connectivity index (χ1v) is 8.54. The lowest BCUT2D eigenvalue weighted by atomic mass is 10.1. The molecule has 0 aliphatic carbocycles. The van der Waals surface area contributed by atoms with Crippen LogP contribution in [-0.2, 0) is 10.1 Å². The topological polar surface area (TPSA) is 196 Å². The van der Waals surface area contributed by atoms with Gasteiger partial charge in [0.15, 0.2) is 5.02 Å². The van der Waals surface area contributed by atoms with Gasteiger partial charge < -0.3 is 11.1 Å². The maximum atomic E-state index is 12.3. The van der Waals surface area contributed by atoms with Crippen molar-refractivity contribution in [1.29, 1.82) is 0 Å². The number of benzene rings is 2. The van der Waals surface area contributed by atoms with Crippen LogP contribution in [0.2, 0.25) is 5.02 Å². The maximum absolute atomic E-state index is 12.3. The Bertz CT molecular complexity index is 1050. The van der Waals surface area contributed by atoms with E-state index in [-0.39, 0.29) is 11.4 Å². The summed E-state index contributed by atoms with van der Waals surface area (Å²) in [5, 5.41) is 23.5. The number of carbonyl (C=O) groups excluding carboxylic acids is 1. The van der Waals surface area contributed by atoms with E-state index in [1.165, 1.54) is 0 Å². The first kappa shape index (κ1) is 20.0.